The molecule has 0 amide bonds. The van der Waals surface area contributed by atoms with Crippen LogP contribution in [0, 0.1) is 0 Å². The molecule has 1 aromatic carbocycles. The van der Waals surface area contributed by atoms with Crippen molar-refractivity contribution >= 4 is 15.9 Å². The van der Waals surface area contributed by atoms with Crippen molar-refractivity contribution in [3.8, 4) is 0 Å². The van der Waals surface area contributed by atoms with Gasteiger partial charge in [-0.25, -0.2) is 0 Å². The Bertz CT molecular complexity index is 563. The first-order valence-corrected chi connectivity index (χ1v) is 8.36. The number of halogens is 1. The van der Waals surface area contributed by atoms with E-state index in [-0.39, 0.29) is 0 Å². The Balaban J connectivity index is 2.11. The molecule has 0 bridgehead atoms. The number of benzene rings is 1. The monoisotopic (exact) mass is 349 g/mol. The van der Waals surface area contributed by atoms with Gasteiger partial charge in [-0.2, -0.15) is 5.10 Å². The number of hydrogen-bond acceptors (Lipinski definition) is 2. The van der Waals surface area contributed by atoms with Crippen molar-refractivity contribution in [3.63, 3.8) is 0 Å². The van der Waals surface area contributed by atoms with E-state index in [4.69, 9.17) is 0 Å². The third-order valence-electron chi connectivity index (χ3n) is 3.95. The van der Waals surface area contributed by atoms with Gasteiger partial charge >= 0.3 is 0 Å². The number of likely N-dealkylation sites (N-methyl/N-ethyl adjacent to an activating group) is 1. The van der Waals surface area contributed by atoms with Gasteiger partial charge in [-0.05, 0) is 53.7 Å². The van der Waals surface area contributed by atoms with Crippen LogP contribution in [0.5, 0.6) is 0 Å². The third kappa shape index (κ3) is 3.95. The zero-order chi connectivity index (χ0) is 15.2. The van der Waals surface area contributed by atoms with Crippen LogP contribution in [0.2, 0.25) is 0 Å². The Kier molecular flexibility index (Phi) is 6.00. The highest BCUT2D eigenvalue weighted by Gasteiger charge is 2.16. The molecule has 0 aliphatic rings. The first-order chi connectivity index (χ1) is 10.2. The molecule has 2 aromatic rings. The number of aryl methyl sites for hydroxylation is 2. The van der Waals surface area contributed by atoms with E-state index in [1.165, 1.54) is 15.7 Å². The van der Waals surface area contributed by atoms with E-state index in [9.17, 15) is 0 Å². The summed E-state index contributed by atoms with van der Waals surface area (Å²) in [5, 5.41) is 7.89. The Hall–Kier alpha value is -1.13. The van der Waals surface area contributed by atoms with Gasteiger partial charge in [0.15, 0.2) is 0 Å². The summed E-state index contributed by atoms with van der Waals surface area (Å²) in [6.45, 7) is 3.14. The standard InChI is InChI=1S/C17H24BrN3/c1-4-15-17(18)16(21(3)20-15)11-10-14(12-19-2)13-8-6-5-7-9-13/h5-9,14,19H,4,10-12H2,1-3H3. The van der Waals surface area contributed by atoms with E-state index >= 15 is 0 Å². The van der Waals surface area contributed by atoms with E-state index in [1.54, 1.807) is 0 Å². The fourth-order valence-corrected chi connectivity index (χ4v) is 3.58. The zero-order valence-electron chi connectivity index (χ0n) is 13.1. The first kappa shape index (κ1) is 16.2. The summed E-state index contributed by atoms with van der Waals surface area (Å²) in [5.41, 5.74) is 3.85. The molecular formula is C17H24BrN3. The highest BCUT2D eigenvalue weighted by molar-refractivity contribution is 9.10. The molecule has 1 aromatic heterocycles. The van der Waals surface area contributed by atoms with E-state index in [0.717, 1.165) is 31.5 Å². The van der Waals surface area contributed by atoms with Crippen molar-refractivity contribution in [1.29, 1.82) is 0 Å². The number of aromatic nitrogens is 2. The van der Waals surface area contributed by atoms with Crippen LogP contribution >= 0.6 is 15.9 Å². The second kappa shape index (κ2) is 7.76. The minimum absolute atomic E-state index is 0.531. The lowest BCUT2D eigenvalue weighted by Gasteiger charge is -2.17. The highest BCUT2D eigenvalue weighted by atomic mass is 79.9. The van der Waals surface area contributed by atoms with Crippen LogP contribution in [-0.4, -0.2) is 23.4 Å². The lowest BCUT2D eigenvalue weighted by Crippen LogP contribution is -2.18. The van der Waals surface area contributed by atoms with Crippen molar-refractivity contribution in [2.24, 2.45) is 7.05 Å². The molecule has 0 aliphatic carbocycles. The SMILES string of the molecule is CCc1nn(C)c(CCC(CNC)c2ccccc2)c1Br. The van der Waals surface area contributed by atoms with Gasteiger partial charge in [0.1, 0.15) is 0 Å². The van der Waals surface area contributed by atoms with Gasteiger partial charge in [0.2, 0.25) is 0 Å². The van der Waals surface area contributed by atoms with Crippen molar-refractivity contribution < 1.29 is 0 Å². The van der Waals surface area contributed by atoms with Crippen molar-refractivity contribution in [3.05, 3.63) is 51.8 Å². The minimum atomic E-state index is 0.531. The van der Waals surface area contributed by atoms with Crippen LogP contribution in [0.4, 0.5) is 0 Å². The molecule has 2 rings (SSSR count). The summed E-state index contributed by atoms with van der Waals surface area (Å²) in [4.78, 5) is 0. The third-order valence-corrected chi connectivity index (χ3v) is 4.87. The quantitative estimate of drug-likeness (QED) is 0.826. The number of nitrogens with zero attached hydrogens (tertiary/aromatic N) is 2. The Labute approximate surface area is 135 Å². The van der Waals surface area contributed by atoms with Crippen LogP contribution < -0.4 is 5.32 Å². The molecule has 0 saturated heterocycles. The number of rotatable bonds is 7. The predicted molar refractivity (Wildman–Crippen MR) is 91.7 cm³/mol. The maximum Gasteiger partial charge on any atom is 0.0766 e. The van der Waals surface area contributed by atoms with Crippen LogP contribution in [-0.2, 0) is 19.9 Å². The highest BCUT2D eigenvalue weighted by Crippen LogP contribution is 2.26. The van der Waals surface area contributed by atoms with Crippen molar-refractivity contribution in [1.82, 2.24) is 15.1 Å². The summed E-state index contributed by atoms with van der Waals surface area (Å²) >= 11 is 3.71. The molecule has 1 atom stereocenters. The molecule has 114 valence electrons. The molecule has 0 fully saturated rings. The normalized spacial score (nSPS) is 12.6. The molecule has 0 radical (unpaired) electrons. The van der Waals surface area contributed by atoms with Gasteiger partial charge in [0.05, 0.1) is 15.9 Å². The van der Waals surface area contributed by atoms with Crippen LogP contribution in [0.1, 0.15) is 36.2 Å². The molecule has 4 heteroatoms. The molecular weight excluding hydrogens is 326 g/mol. The first-order valence-electron chi connectivity index (χ1n) is 7.57. The summed E-state index contributed by atoms with van der Waals surface area (Å²) in [5.74, 6) is 0.531. The molecule has 1 N–H and O–H groups in total. The maximum absolute atomic E-state index is 4.58. The van der Waals surface area contributed by atoms with Crippen LogP contribution in [0.3, 0.4) is 0 Å². The molecule has 0 saturated carbocycles. The van der Waals surface area contributed by atoms with E-state index in [0.29, 0.717) is 5.92 Å². The average molecular weight is 350 g/mol. The topological polar surface area (TPSA) is 29.9 Å². The molecule has 0 spiro atoms. The van der Waals surface area contributed by atoms with E-state index in [1.807, 2.05) is 18.8 Å². The lowest BCUT2D eigenvalue weighted by atomic mass is 9.93. The van der Waals surface area contributed by atoms with Crippen molar-refractivity contribution in [2.45, 2.75) is 32.1 Å². The zero-order valence-corrected chi connectivity index (χ0v) is 14.7. The average Bonchev–Trinajstić information content (AvgIpc) is 2.79. The van der Waals surface area contributed by atoms with Crippen LogP contribution in [0.15, 0.2) is 34.8 Å². The Morgan fingerprint density at radius 2 is 2.00 bits per heavy atom. The molecule has 0 aliphatic heterocycles. The summed E-state index contributed by atoms with van der Waals surface area (Å²) in [6, 6.07) is 10.8. The fraction of sp³-hybridized carbons (Fsp3) is 0.471. The molecule has 21 heavy (non-hydrogen) atoms. The predicted octanol–water partition coefficient (Wildman–Crippen LogP) is 3.68. The molecule has 1 unspecified atom stereocenters. The maximum atomic E-state index is 4.58. The minimum Gasteiger partial charge on any atom is -0.319 e. The summed E-state index contributed by atoms with van der Waals surface area (Å²) in [7, 11) is 4.06. The molecule has 1 heterocycles. The Morgan fingerprint density at radius 3 is 2.57 bits per heavy atom. The smallest absolute Gasteiger partial charge is 0.0766 e. The van der Waals surface area contributed by atoms with Gasteiger partial charge in [-0.1, -0.05) is 37.3 Å². The largest absolute Gasteiger partial charge is 0.319 e. The fourth-order valence-electron chi connectivity index (χ4n) is 2.76. The van der Waals surface area contributed by atoms with Gasteiger partial charge in [0.25, 0.3) is 0 Å². The van der Waals surface area contributed by atoms with Crippen LogP contribution in [0.25, 0.3) is 0 Å². The second-order valence-corrected chi connectivity index (χ2v) is 6.18. The summed E-state index contributed by atoms with van der Waals surface area (Å²) in [6.07, 6.45) is 3.12. The van der Waals surface area contributed by atoms with E-state index in [2.05, 4.69) is 63.6 Å². The van der Waals surface area contributed by atoms with Gasteiger partial charge in [-0.15, -0.1) is 0 Å². The lowest BCUT2D eigenvalue weighted by molar-refractivity contribution is 0.566. The summed E-state index contributed by atoms with van der Waals surface area (Å²) < 4.78 is 3.20. The van der Waals surface area contributed by atoms with Gasteiger partial charge < -0.3 is 5.32 Å². The molecule has 3 nitrogen and oxygen atoms in total. The van der Waals surface area contributed by atoms with Gasteiger partial charge in [-0.3, -0.25) is 4.68 Å². The number of nitrogens with one attached hydrogen (secondary N) is 1. The van der Waals surface area contributed by atoms with Gasteiger partial charge in [0, 0.05) is 13.6 Å². The second-order valence-electron chi connectivity index (χ2n) is 5.39. The number of hydrogen-bond donors (Lipinski definition) is 1. The van der Waals surface area contributed by atoms with Crippen molar-refractivity contribution in [2.75, 3.05) is 13.6 Å². The Morgan fingerprint density at radius 1 is 1.29 bits per heavy atom. The van der Waals surface area contributed by atoms with E-state index < -0.39 is 0 Å².